The second-order valence-electron chi connectivity index (χ2n) is 4.54. The van der Waals surface area contributed by atoms with Gasteiger partial charge in [-0.05, 0) is 42.3 Å². The molecule has 0 unspecified atom stereocenters. The third-order valence-corrected chi connectivity index (χ3v) is 4.53. The molecule has 0 aliphatic rings. The zero-order valence-corrected chi connectivity index (χ0v) is 12.1. The number of aryl methyl sites for hydroxylation is 1. The molecule has 2 aromatic rings. The van der Waals surface area contributed by atoms with Gasteiger partial charge in [0.25, 0.3) is 0 Å². The van der Waals surface area contributed by atoms with Gasteiger partial charge in [0.05, 0.1) is 16.5 Å². The van der Waals surface area contributed by atoms with Crippen LogP contribution < -0.4 is 4.72 Å². The molecule has 0 aliphatic carbocycles. The van der Waals surface area contributed by atoms with Crippen molar-refractivity contribution in [2.24, 2.45) is 0 Å². The fraction of sp³-hybridized carbons (Fsp3) is 0.133. The van der Waals surface area contributed by atoms with Gasteiger partial charge in [0.15, 0.2) is 0 Å². The SMILES string of the molecule is Cc1ccc(F)cc1S(=O)(=O)NCc1ccc(C#N)cc1. The minimum atomic E-state index is -3.78. The lowest BCUT2D eigenvalue weighted by Gasteiger charge is -2.09. The Morgan fingerprint density at radius 3 is 2.48 bits per heavy atom. The van der Waals surface area contributed by atoms with Crippen LogP contribution in [0.25, 0.3) is 0 Å². The first-order valence-corrected chi connectivity index (χ1v) is 7.65. The first-order valence-electron chi connectivity index (χ1n) is 6.17. The van der Waals surface area contributed by atoms with Crippen LogP contribution in [-0.4, -0.2) is 8.42 Å². The highest BCUT2D eigenvalue weighted by Gasteiger charge is 2.17. The van der Waals surface area contributed by atoms with Gasteiger partial charge in [0, 0.05) is 6.54 Å². The molecular formula is C15H13FN2O2S. The Hall–Kier alpha value is -2.23. The lowest BCUT2D eigenvalue weighted by molar-refractivity contribution is 0.576. The van der Waals surface area contributed by atoms with Crippen molar-refractivity contribution >= 4 is 10.0 Å². The summed E-state index contributed by atoms with van der Waals surface area (Å²) < 4.78 is 40.0. The number of benzene rings is 2. The summed E-state index contributed by atoms with van der Waals surface area (Å²) in [4.78, 5) is -0.0730. The first kappa shape index (κ1) is 15.2. The largest absolute Gasteiger partial charge is 0.241 e. The lowest BCUT2D eigenvalue weighted by atomic mass is 10.1. The van der Waals surface area contributed by atoms with Gasteiger partial charge in [-0.1, -0.05) is 18.2 Å². The van der Waals surface area contributed by atoms with E-state index in [-0.39, 0.29) is 11.4 Å². The zero-order valence-electron chi connectivity index (χ0n) is 11.3. The van der Waals surface area contributed by atoms with Crippen LogP contribution in [0, 0.1) is 24.1 Å². The van der Waals surface area contributed by atoms with Gasteiger partial charge in [0.1, 0.15) is 5.82 Å². The topological polar surface area (TPSA) is 70.0 Å². The number of nitrogens with zero attached hydrogens (tertiary/aromatic N) is 1. The molecule has 2 rings (SSSR count). The fourth-order valence-corrected chi connectivity index (χ4v) is 3.09. The maximum Gasteiger partial charge on any atom is 0.241 e. The summed E-state index contributed by atoms with van der Waals surface area (Å²) in [7, 11) is -3.78. The van der Waals surface area contributed by atoms with Crippen LogP contribution in [0.5, 0.6) is 0 Å². The highest BCUT2D eigenvalue weighted by Crippen LogP contribution is 2.16. The highest BCUT2D eigenvalue weighted by atomic mass is 32.2. The maximum atomic E-state index is 13.2. The first-order chi connectivity index (χ1) is 9.92. The standard InChI is InChI=1S/C15H13FN2O2S/c1-11-2-7-14(16)8-15(11)21(19,20)18-10-13-5-3-12(9-17)4-6-13/h2-8,18H,10H2,1H3. The molecule has 0 bridgehead atoms. The summed E-state index contributed by atoms with van der Waals surface area (Å²) in [6, 6.07) is 12.2. The molecule has 0 atom stereocenters. The van der Waals surface area contributed by atoms with Crippen LogP contribution in [-0.2, 0) is 16.6 Å². The van der Waals surface area contributed by atoms with E-state index in [1.165, 1.54) is 12.1 Å². The van der Waals surface area contributed by atoms with Crippen molar-refractivity contribution in [3.63, 3.8) is 0 Å². The van der Waals surface area contributed by atoms with Gasteiger partial charge in [-0.3, -0.25) is 0 Å². The van der Waals surface area contributed by atoms with Crippen molar-refractivity contribution in [1.29, 1.82) is 5.26 Å². The molecule has 21 heavy (non-hydrogen) atoms. The third-order valence-electron chi connectivity index (χ3n) is 2.99. The maximum absolute atomic E-state index is 13.2. The van der Waals surface area contributed by atoms with Crippen LogP contribution in [0.3, 0.4) is 0 Å². The Balaban J connectivity index is 2.17. The van der Waals surface area contributed by atoms with Gasteiger partial charge in [-0.15, -0.1) is 0 Å². The van der Waals surface area contributed by atoms with E-state index in [4.69, 9.17) is 5.26 Å². The Kier molecular flexibility index (Phi) is 4.36. The molecule has 6 heteroatoms. The lowest BCUT2D eigenvalue weighted by Crippen LogP contribution is -2.24. The van der Waals surface area contributed by atoms with E-state index in [1.54, 1.807) is 31.2 Å². The van der Waals surface area contributed by atoms with Gasteiger partial charge >= 0.3 is 0 Å². The van der Waals surface area contributed by atoms with E-state index >= 15 is 0 Å². The molecule has 0 aliphatic heterocycles. The molecule has 0 heterocycles. The number of nitriles is 1. The number of nitrogens with one attached hydrogen (secondary N) is 1. The summed E-state index contributed by atoms with van der Waals surface area (Å²) in [5, 5.41) is 8.70. The Morgan fingerprint density at radius 2 is 1.86 bits per heavy atom. The molecule has 0 saturated heterocycles. The Labute approximate surface area is 122 Å². The molecule has 0 amide bonds. The minimum absolute atomic E-state index is 0.0730. The van der Waals surface area contributed by atoms with E-state index < -0.39 is 15.8 Å². The average molecular weight is 304 g/mol. The van der Waals surface area contributed by atoms with Crippen LogP contribution in [0.1, 0.15) is 16.7 Å². The molecule has 4 nitrogen and oxygen atoms in total. The normalized spacial score (nSPS) is 11.1. The fourth-order valence-electron chi connectivity index (χ4n) is 1.82. The number of rotatable bonds is 4. The van der Waals surface area contributed by atoms with Crippen LogP contribution in [0.4, 0.5) is 4.39 Å². The van der Waals surface area contributed by atoms with E-state index in [0.29, 0.717) is 16.7 Å². The van der Waals surface area contributed by atoms with Crippen molar-refractivity contribution in [3.8, 4) is 6.07 Å². The van der Waals surface area contributed by atoms with Gasteiger partial charge in [-0.25, -0.2) is 17.5 Å². The summed E-state index contributed by atoms with van der Waals surface area (Å²) in [5.41, 5.74) is 1.69. The second-order valence-corrected chi connectivity index (χ2v) is 6.28. The molecule has 0 spiro atoms. The minimum Gasteiger partial charge on any atom is -0.207 e. The van der Waals surface area contributed by atoms with E-state index in [1.807, 2.05) is 6.07 Å². The molecule has 0 radical (unpaired) electrons. The number of halogens is 1. The van der Waals surface area contributed by atoms with Crippen LogP contribution in [0.15, 0.2) is 47.4 Å². The quantitative estimate of drug-likeness (QED) is 0.943. The molecule has 108 valence electrons. The van der Waals surface area contributed by atoms with Gasteiger partial charge in [0.2, 0.25) is 10.0 Å². The van der Waals surface area contributed by atoms with Crippen LogP contribution in [0.2, 0.25) is 0 Å². The predicted octanol–water partition coefficient (Wildman–Crippen LogP) is 2.48. The van der Waals surface area contributed by atoms with Crippen LogP contribution >= 0.6 is 0 Å². The van der Waals surface area contributed by atoms with E-state index in [9.17, 15) is 12.8 Å². The van der Waals surface area contributed by atoms with Gasteiger partial charge < -0.3 is 0 Å². The highest BCUT2D eigenvalue weighted by molar-refractivity contribution is 7.89. The number of hydrogen-bond donors (Lipinski definition) is 1. The number of sulfonamides is 1. The summed E-state index contributed by atoms with van der Waals surface area (Å²) >= 11 is 0. The van der Waals surface area contributed by atoms with Crippen molar-refractivity contribution in [1.82, 2.24) is 4.72 Å². The summed E-state index contributed by atoms with van der Waals surface area (Å²) in [6.45, 7) is 1.68. The molecule has 1 N–H and O–H groups in total. The Bertz CT molecular complexity index is 793. The summed E-state index contributed by atoms with van der Waals surface area (Å²) in [5.74, 6) is -0.598. The van der Waals surface area contributed by atoms with Crippen molar-refractivity contribution < 1.29 is 12.8 Å². The summed E-state index contributed by atoms with van der Waals surface area (Å²) in [6.07, 6.45) is 0. The molecule has 2 aromatic carbocycles. The van der Waals surface area contributed by atoms with Crippen molar-refractivity contribution in [2.75, 3.05) is 0 Å². The smallest absolute Gasteiger partial charge is 0.207 e. The Morgan fingerprint density at radius 1 is 1.19 bits per heavy atom. The zero-order chi connectivity index (χ0) is 15.5. The number of hydrogen-bond acceptors (Lipinski definition) is 3. The molecule has 0 saturated carbocycles. The average Bonchev–Trinajstić information content (AvgIpc) is 2.48. The van der Waals surface area contributed by atoms with E-state index in [0.717, 1.165) is 6.07 Å². The second kappa shape index (κ2) is 6.04. The molecule has 0 fully saturated rings. The molecular weight excluding hydrogens is 291 g/mol. The predicted molar refractivity (Wildman–Crippen MR) is 76.3 cm³/mol. The van der Waals surface area contributed by atoms with Gasteiger partial charge in [-0.2, -0.15) is 5.26 Å². The molecule has 0 aromatic heterocycles. The van der Waals surface area contributed by atoms with E-state index in [2.05, 4.69) is 4.72 Å². The monoisotopic (exact) mass is 304 g/mol. The van der Waals surface area contributed by atoms with Crippen molar-refractivity contribution in [3.05, 3.63) is 65.0 Å². The van der Waals surface area contributed by atoms with Crippen molar-refractivity contribution in [2.45, 2.75) is 18.4 Å². The third kappa shape index (κ3) is 3.66.